The van der Waals surface area contributed by atoms with Gasteiger partial charge >= 0.3 is 0 Å². The Morgan fingerprint density at radius 1 is 1.25 bits per heavy atom. The molecule has 0 aliphatic heterocycles. The zero-order valence-electron chi connectivity index (χ0n) is 8.77. The van der Waals surface area contributed by atoms with E-state index in [4.69, 9.17) is 4.74 Å². The summed E-state index contributed by atoms with van der Waals surface area (Å²) in [4.78, 5) is 4.04. The maximum Gasteiger partial charge on any atom is 0.165 e. The minimum atomic E-state index is -0.384. The maximum absolute atomic E-state index is 13.3. The molecule has 1 N–H and O–H groups in total. The van der Waals surface area contributed by atoms with E-state index in [0.29, 0.717) is 11.6 Å². The van der Waals surface area contributed by atoms with Gasteiger partial charge in [-0.05, 0) is 18.2 Å². The van der Waals surface area contributed by atoms with Crippen molar-refractivity contribution in [3.05, 3.63) is 48.4 Å². The van der Waals surface area contributed by atoms with E-state index in [2.05, 4.69) is 10.3 Å². The number of hydrogen-bond acceptors (Lipinski definition) is 3. The van der Waals surface area contributed by atoms with Gasteiger partial charge in [0.2, 0.25) is 0 Å². The van der Waals surface area contributed by atoms with E-state index in [1.165, 1.54) is 6.07 Å². The number of ether oxygens (including phenoxy) is 1. The van der Waals surface area contributed by atoms with E-state index in [1.54, 1.807) is 43.6 Å². The van der Waals surface area contributed by atoms with Crippen molar-refractivity contribution in [2.24, 2.45) is 0 Å². The van der Waals surface area contributed by atoms with Gasteiger partial charge in [-0.2, -0.15) is 0 Å². The van der Waals surface area contributed by atoms with Gasteiger partial charge in [0.1, 0.15) is 11.6 Å². The number of pyridine rings is 1. The molecule has 82 valence electrons. The lowest BCUT2D eigenvalue weighted by Gasteiger charge is -2.07. The predicted octanol–water partition coefficient (Wildman–Crippen LogP) is 3.05. The van der Waals surface area contributed by atoms with E-state index in [-0.39, 0.29) is 11.6 Å². The number of anilines is 1. The van der Waals surface area contributed by atoms with E-state index < -0.39 is 0 Å². The average Bonchev–Trinajstić information content (AvgIpc) is 2.32. The fourth-order valence-corrected chi connectivity index (χ4v) is 1.27. The topological polar surface area (TPSA) is 34.1 Å². The first kappa shape index (κ1) is 10.4. The highest BCUT2D eigenvalue weighted by Crippen LogP contribution is 2.24. The zero-order chi connectivity index (χ0) is 11.4. The van der Waals surface area contributed by atoms with Crippen molar-refractivity contribution < 1.29 is 9.13 Å². The smallest absolute Gasteiger partial charge is 0.165 e. The fraction of sp³-hybridized carbons (Fsp3) is 0.0833. The number of hydrogen-bond donors (Lipinski definition) is 1. The van der Waals surface area contributed by atoms with Crippen LogP contribution in [0, 0.1) is 5.82 Å². The highest BCUT2D eigenvalue weighted by atomic mass is 19.1. The molecule has 1 aromatic carbocycles. The third-order valence-corrected chi connectivity index (χ3v) is 2.05. The Bertz CT molecular complexity index is 488. The third kappa shape index (κ3) is 2.28. The van der Waals surface area contributed by atoms with Crippen molar-refractivity contribution in [3.8, 4) is 11.5 Å². The van der Waals surface area contributed by atoms with Crippen LogP contribution in [0.15, 0.2) is 42.6 Å². The number of nitrogens with zero attached hydrogens (tertiary/aromatic N) is 1. The highest BCUT2D eigenvalue weighted by molar-refractivity contribution is 5.41. The molecule has 1 heterocycles. The monoisotopic (exact) mass is 218 g/mol. The van der Waals surface area contributed by atoms with Crippen molar-refractivity contribution in [2.45, 2.75) is 0 Å². The van der Waals surface area contributed by atoms with Gasteiger partial charge in [0.15, 0.2) is 11.6 Å². The Balaban J connectivity index is 2.24. The van der Waals surface area contributed by atoms with Crippen LogP contribution in [0.25, 0.3) is 0 Å². The Morgan fingerprint density at radius 2 is 2.06 bits per heavy atom. The van der Waals surface area contributed by atoms with Crippen molar-refractivity contribution in [1.82, 2.24) is 4.98 Å². The van der Waals surface area contributed by atoms with Crippen LogP contribution < -0.4 is 10.1 Å². The number of halogens is 1. The Labute approximate surface area is 92.9 Å². The Kier molecular flexibility index (Phi) is 3.00. The van der Waals surface area contributed by atoms with Crippen LogP contribution >= 0.6 is 0 Å². The minimum Gasteiger partial charge on any atom is -0.454 e. The molecule has 0 atom stereocenters. The number of rotatable bonds is 3. The SMILES string of the molecule is CNc1cc(Oc2ccccc2F)ccn1. The van der Waals surface area contributed by atoms with Gasteiger partial charge in [0, 0.05) is 19.3 Å². The largest absolute Gasteiger partial charge is 0.454 e. The summed E-state index contributed by atoms with van der Waals surface area (Å²) in [5.41, 5.74) is 0. The number of benzene rings is 1. The number of nitrogens with one attached hydrogen (secondary N) is 1. The maximum atomic E-state index is 13.3. The number of para-hydroxylation sites is 1. The van der Waals surface area contributed by atoms with E-state index in [0.717, 1.165) is 0 Å². The summed E-state index contributed by atoms with van der Waals surface area (Å²) in [6, 6.07) is 9.65. The predicted molar refractivity (Wildman–Crippen MR) is 60.3 cm³/mol. The first-order valence-electron chi connectivity index (χ1n) is 4.86. The summed E-state index contributed by atoms with van der Waals surface area (Å²) in [6.07, 6.45) is 1.60. The summed E-state index contributed by atoms with van der Waals surface area (Å²) < 4.78 is 18.7. The molecule has 1 aromatic heterocycles. The van der Waals surface area contributed by atoms with Crippen LogP contribution in [0.2, 0.25) is 0 Å². The summed E-state index contributed by atoms with van der Waals surface area (Å²) in [7, 11) is 1.76. The molecule has 2 rings (SSSR count). The quantitative estimate of drug-likeness (QED) is 0.859. The molecule has 16 heavy (non-hydrogen) atoms. The zero-order valence-corrected chi connectivity index (χ0v) is 8.77. The van der Waals surface area contributed by atoms with Crippen molar-refractivity contribution >= 4 is 5.82 Å². The summed E-state index contributed by atoms with van der Waals surface area (Å²) in [5, 5.41) is 2.88. The van der Waals surface area contributed by atoms with Gasteiger partial charge < -0.3 is 10.1 Å². The van der Waals surface area contributed by atoms with E-state index >= 15 is 0 Å². The van der Waals surface area contributed by atoms with Gasteiger partial charge in [0.25, 0.3) is 0 Å². The van der Waals surface area contributed by atoms with Crippen LogP contribution in [0.1, 0.15) is 0 Å². The summed E-state index contributed by atoms with van der Waals surface area (Å²) in [5.74, 6) is 1.04. The van der Waals surface area contributed by atoms with Crippen LogP contribution in [0.5, 0.6) is 11.5 Å². The average molecular weight is 218 g/mol. The van der Waals surface area contributed by atoms with Gasteiger partial charge in [-0.1, -0.05) is 12.1 Å². The molecule has 0 radical (unpaired) electrons. The van der Waals surface area contributed by atoms with Gasteiger partial charge in [-0.3, -0.25) is 0 Å². The number of aromatic nitrogens is 1. The molecular formula is C12H11FN2O. The van der Waals surface area contributed by atoms with Crippen LogP contribution in [0.4, 0.5) is 10.2 Å². The molecule has 0 aliphatic carbocycles. The molecule has 0 fully saturated rings. The molecule has 0 saturated carbocycles. The Morgan fingerprint density at radius 3 is 2.81 bits per heavy atom. The lowest BCUT2D eigenvalue weighted by molar-refractivity contribution is 0.442. The lowest BCUT2D eigenvalue weighted by atomic mass is 10.3. The molecule has 0 aliphatic rings. The summed E-state index contributed by atoms with van der Waals surface area (Å²) in [6.45, 7) is 0. The van der Waals surface area contributed by atoms with Crippen molar-refractivity contribution in [2.75, 3.05) is 12.4 Å². The van der Waals surface area contributed by atoms with Gasteiger partial charge in [-0.15, -0.1) is 0 Å². The first-order chi connectivity index (χ1) is 7.79. The second kappa shape index (κ2) is 4.61. The van der Waals surface area contributed by atoms with Gasteiger partial charge in [-0.25, -0.2) is 9.37 Å². The normalized spacial score (nSPS) is 9.88. The first-order valence-corrected chi connectivity index (χ1v) is 4.86. The molecule has 4 heteroatoms. The Hall–Kier alpha value is -2.10. The molecule has 0 amide bonds. The molecule has 0 saturated heterocycles. The van der Waals surface area contributed by atoms with E-state index in [9.17, 15) is 4.39 Å². The van der Waals surface area contributed by atoms with Crippen LogP contribution in [-0.4, -0.2) is 12.0 Å². The van der Waals surface area contributed by atoms with Crippen molar-refractivity contribution in [1.29, 1.82) is 0 Å². The second-order valence-electron chi connectivity index (χ2n) is 3.16. The lowest BCUT2D eigenvalue weighted by Crippen LogP contribution is -1.93. The molecule has 0 bridgehead atoms. The molecule has 0 unspecified atom stereocenters. The molecule has 0 spiro atoms. The van der Waals surface area contributed by atoms with Crippen LogP contribution in [0.3, 0.4) is 0 Å². The van der Waals surface area contributed by atoms with Crippen molar-refractivity contribution in [3.63, 3.8) is 0 Å². The second-order valence-corrected chi connectivity index (χ2v) is 3.16. The molecule has 2 aromatic rings. The minimum absolute atomic E-state index is 0.204. The standard InChI is InChI=1S/C12H11FN2O/c1-14-12-8-9(6-7-15-12)16-11-5-3-2-4-10(11)13/h2-8H,1H3,(H,14,15). The third-order valence-electron chi connectivity index (χ3n) is 2.05. The molecular weight excluding hydrogens is 207 g/mol. The summed E-state index contributed by atoms with van der Waals surface area (Å²) >= 11 is 0. The van der Waals surface area contributed by atoms with Crippen LogP contribution in [-0.2, 0) is 0 Å². The highest BCUT2D eigenvalue weighted by Gasteiger charge is 2.03. The van der Waals surface area contributed by atoms with E-state index in [1.807, 2.05) is 0 Å². The molecule has 3 nitrogen and oxygen atoms in total. The fourth-order valence-electron chi connectivity index (χ4n) is 1.27. The van der Waals surface area contributed by atoms with Gasteiger partial charge in [0.05, 0.1) is 0 Å².